The second kappa shape index (κ2) is 6.79. The largest absolute Gasteiger partial charge is 0.380 e. The van der Waals surface area contributed by atoms with Crippen LogP contribution in [0.25, 0.3) is 0 Å². The number of hydrogen-bond donors (Lipinski definition) is 1. The molecule has 0 saturated carbocycles. The van der Waals surface area contributed by atoms with Crippen molar-refractivity contribution in [2.24, 2.45) is 0 Å². The molecule has 1 aromatic rings. The van der Waals surface area contributed by atoms with E-state index >= 15 is 0 Å². The molecule has 2 saturated heterocycles. The third-order valence-corrected chi connectivity index (χ3v) is 5.29. The Hall–Kier alpha value is -0.750. The van der Waals surface area contributed by atoms with Crippen molar-refractivity contribution >= 4 is 29.1 Å². The first-order chi connectivity index (χ1) is 10.6. The van der Waals surface area contributed by atoms with Gasteiger partial charge in [0, 0.05) is 26.2 Å². The molecule has 22 heavy (non-hydrogen) atoms. The van der Waals surface area contributed by atoms with Gasteiger partial charge in [-0.25, -0.2) is 0 Å². The Balaban J connectivity index is 1.74. The van der Waals surface area contributed by atoms with Crippen LogP contribution in [0.4, 0.5) is 0 Å². The predicted octanol–water partition coefficient (Wildman–Crippen LogP) is 2.65. The lowest BCUT2D eigenvalue weighted by Gasteiger charge is -2.27. The summed E-state index contributed by atoms with van der Waals surface area (Å²) in [6.45, 7) is 3.77. The highest BCUT2D eigenvalue weighted by atomic mass is 35.5. The second-order valence-electron chi connectivity index (χ2n) is 6.06. The Bertz CT molecular complexity index is 523. The molecule has 0 unspecified atom stereocenters. The van der Waals surface area contributed by atoms with E-state index in [0.717, 1.165) is 26.1 Å². The Morgan fingerprint density at radius 1 is 1.41 bits per heavy atom. The summed E-state index contributed by atoms with van der Waals surface area (Å²) in [6, 6.07) is 1.77. The molecular weight excluding hydrogens is 325 g/mol. The maximum absolute atomic E-state index is 12.8. The summed E-state index contributed by atoms with van der Waals surface area (Å²) in [6.07, 6.45) is 3.46. The molecule has 0 spiro atoms. The monoisotopic (exact) mass is 345 g/mol. The number of ether oxygens (including phenoxy) is 1. The first-order valence-corrected chi connectivity index (χ1v) is 8.44. The molecule has 3 rings (SSSR count). The fourth-order valence-corrected chi connectivity index (χ4v) is 3.72. The third kappa shape index (κ3) is 3.27. The summed E-state index contributed by atoms with van der Waals surface area (Å²) in [4.78, 5) is 19.9. The summed E-state index contributed by atoms with van der Waals surface area (Å²) in [5.41, 5.74) is 0.443. The van der Waals surface area contributed by atoms with Gasteiger partial charge in [0.05, 0.1) is 11.1 Å². The smallest absolute Gasteiger partial charge is 0.270 e. The number of carbonyl (C=O) groups is 1. The minimum Gasteiger partial charge on any atom is -0.380 e. The number of rotatable bonds is 4. The van der Waals surface area contributed by atoms with E-state index in [2.05, 4.69) is 9.88 Å². The van der Waals surface area contributed by atoms with Crippen LogP contribution in [-0.4, -0.2) is 66.1 Å². The summed E-state index contributed by atoms with van der Waals surface area (Å²) in [5.74, 6) is -0.0578. The molecule has 0 aliphatic carbocycles. The zero-order chi connectivity index (χ0) is 15.7. The van der Waals surface area contributed by atoms with Crippen molar-refractivity contribution in [3.63, 3.8) is 0 Å². The summed E-state index contributed by atoms with van der Waals surface area (Å²) in [5, 5.41) is 0.687. The van der Waals surface area contributed by atoms with Crippen LogP contribution < -0.4 is 0 Å². The molecule has 1 aromatic heterocycles. The predicted molar refractivity (Wildman–Crippen MR) is 86.7 cm³/mol. The molecule has 0 aromatic carbocycles. The van der Waals surface area contributed by atoms with Crippen LogP contribution in [0, 0.1) is 0 Å². The zero-order valence-corrected chi connectivity index (χ0v) is 14.2. The topological polar surface area (TPSA) is 48.6 Å². The molecule has 2 fully saturated rings. The number of H-pyrrole nitrogens is 1. The SMILES string of the molecule is CO[C@H]1C[C@@H](CN2CCCC2)N(C(=O)c2cc(Cl)c(Cl)[nH]2)C1. The van der Waals surface area contributed by atoms with Crippen molar-refractivity contribution in [1.82, 2.24) is 14.8 Å². The van der Waals surface area contributed by atoms with Crippen LogP contribution in [0.3, 0.4) is 0 Å². The van der Waals surface area contributed by atoms with Gasteiger partial charge < -0.3 is 19.5 Å². The van der Waals surface area contributed by atoms with E-state index < -0.39 is 0 Å². The van der Waals surface area contributed by atoms with Gasteiger partial charge in [0.15, 0.2) is 0 Å². The minimum atomic E-state index is -0.0578. The third-order valence-electron chi connectivity index (χ3n) is 4.59. The molecule has 5 nitrogen and oxygen atoms in total. The molecule has 1 amide bonds. The molecule has 0 radical (unpaired) electrons. The molecule has 2 atom stereocenters. The number of hydrogen-bond acceptors (Lipinski definition) is 3. The van der Waals surface area contributed by atoms with E-state index in [1.807, 2.05) is 4.90 Å². The Labute approximate surface area is 140 Å². The van der Waals surface area contributed by atoms with Crippen molar-refractivity contribution in [3.8, 4) is 0 Å². The lowest BCUT2D eigenvalue weighted by Crippen LogP contribution is -2.42. The van der Waals surface area contributed by atoms with E-state index in [-0.39, 0.29) is 18.1 Å². The van der Waals surface area contributed by atoms with E-state index in [0.29, 0.717) is 22.4 Å². The quantitative estimate of drug-likeness (QED) is 0.912. The summed E-state index contributed by atoms with van der Waals surface area (Å²) >= 11 is 11.9. The second-order valence-corrected chi connectivity index (χ2v) is 6.84. The maximum atomic E-state index is 12.8. The summed E-state index contributed by atoms with van der Waals surface area (Å²) < 4.78 is 5.48. The van der Waals surface area contributed by atoms with Crippen molar-refractivity contribution in [3.05, 3.63) is 21.9 Å². The first-order valence-electron chi connectivity index (χ1n) is 7.68. The fourth-order valence-electron chi connectivity index (χ4n) is 3.40. The number of nitrogens with zero attached hydrogens (tertiary/aromatic N) is 2. The molecule has 1 N–H and O–H groups in total. The Kier molecular flexibility index (Phi) is 4.97. The minimum absolute atomic E-state index is 0.0578. The van der Waals surface area contributed by atoms with Gasteiger partial charge in [0.1, 0.15) is 10.8 Å². The van der Waals surface area contributed by atoms with Crippen LogP contribution in [0.2, 0.25) is 10.2 Å². The number of halogens is 2. The van der Waals surface area contributed by atoms with Crippen molar-refractivity contribution < 1.29 is 9.53 Å². The maximum Gasteiger partial charge on any atom is 0.270 e. The highest BCUT2D eigenvalue weighted by Crippen LogP contribution is 2.27. The standard InChI is InChI=1S/C15H21Cl2N3O2/c1-22-11-6-10(8-19-4-2-3-5-19)20(9-11)15(21)13-7-12(16)14(17)18-13/h7,10-11,18H,2-6,8-9H2,1H3/t10-,11-/m0/s1. The summed E-state index contributed by atoms with van der Waals surface area (Å²) in [7, 11) is 1.70. The van der Waals surface area contributed by atoms with Gasteiger partial charge in [0.25, 0.3) is 5.91 Å². The lowest BCUT2D eigenvalue weighted by atomic mass is 10.2. The number of nitrogens with one attached hydrogen (secondary N) is 1. The molecule has 3 heterocycles. The van der Waals surface area contributed by atoms with Gasteiger partial charge in [-0.15, -0.1) is 0 Å². The number of carbonyl (C=O) groups excluding carboxylic acids is 1. The van der Waals surface area contributed by atoms with E-state index in [1.165, 1.54) is 12.8 Å². The number of aromatic amines is 1. The normalized spacial score (nSPS) is 26.0. The number of methoxy groups -OCH3 is 1. The molecule has 0 bridgehead atoms. The van der Waals surface area contributed by atoms with Crippen LogP contribution in [0.1, 0.15) is 29.8 Å². The molecule has 2 aliphatic rings. The van der Waals surface area contributed by atoms with Crippen molar-refractivity contribution in [2.45, 2.75) is 31.4 Å². The van der Waals surface area contributed by atoms with Crippen LogP contribution in [0.5, 0.6) is 0 Å². The molecule has 122 valence electrons. The van der Waals surface area contributed by atoms with Crippen molar-refractivity contribution in [1.29, 1.82) is 0 Å². The van der Waals surface area contributed by atoms with Crippen molar-refractivity contribution in [2.75, 3.05) is 33.3 Å². The van der Waals surface area contributed by atoms with E-state index in [9.17, 15) is 4.79 Å². The van der Waals surface area contributed by atoms with E-state index in [1.54, 1.807) is 13.2 Å². The van der Waals surface area contributed by atoms with Gasteiger partial charge in [-0.05, 0) is 38.4 Å². The van der Waals surface area contributed by atoms with Crippen LogP contribution in [0.15, 0.2) is 6.07 Å². The van der Waals surface area contributed by atoms with Gasteiger partial charge in [0.2, 0.25) is 0 Å². The van der Waals surface area contributed by atoms with Crippen LogP contribution >= 0.6 is 23.2 Å². The Morgan fingerprint density at radius 3 is 2.73 bits per heavy atom. The average Bonchev–Trinajstić information content (AvgIpc) is 3.21. The lowest BCUT2D eigenvalue weighted by molar-refractivity contribution is 0.0665. The van der Waals surface area contributed by atoms with Gasteiger partial charge in [-0.1, -0.05) is 23.2 Å². The molecule has 7 heteroatoms. The first kappa shape index (κ1) is 16.1. The average molecular weight is 346 g/mol. The Morgan fingerprint density at radius 2 is 2.14 bits per heavy atom. The van der Waals surface area contributed by atoms with Gasteiger partial charge in [-0.3, -0.25) is 4.79 Å². The van der Waals surface area contributed by atoms with Gasteiger partial charge >= 0.3 is 0 Å². The molecule has 2 aliphatic heterocycles. The number of likely N-dealkylation sites (tertiary alicyclic amines) is 2. The van der Waals surface area contributed by atoms with Crippen LogP contribution in [-0.2, 0) is 4.74 Å². The number of aromatic nitrogens is 1. The fraction of sp³-hybridized carbons (Fsp3) is 0.667. The highest BCUT2D eigenvalue weighted by Gasteiger charge is 2.37. The van der Waals surface area contributed by atoms with Gasteiger partial charge in [-0.2, -0.15) is 0 Å². The number of amides is 1. The van der Waals surface area contributed by atoms with E-state index in [4.69, 9.17) is 27.9 Å². The highest BCUT2D eigenvalue weighted by molar-refractivity contribution is 6.41. The zero-order valence-electron chi connectivity index (χ0n) is 12.6. The molecular formula is C15H21Cl2N3O2.